The smallest absolute Gasteiger partial charge is 0.408 e. The predicted molar refractivity (Wildman–Crippen MR) is 159 cm³/mol. The number of rotatable bonds is 11. The number of hydrogen-bond donors (Lipinski definition) is 2. The van der Waals surface area contributed by atoms with Crippen LogP contribution in [0, 0.1) is 0 Å². The van der Waals surface area contributed by atoms with Gasteiger partial charge in [-0.2, -0.15) is 0 Å². The van der Waals surface area contributed by atoms with E-state index in [2.05, 4.69) is 10.6 Å². The first-order valence-corrected chi connectivity index (χ1v) is 14.9. The topological polar surface area (TPSA) is 151 Å². The number of hydrazine groups is 1. The summed E-state index contributed by atoms with van der Waals surface area (Å²) in [6.07, 6.45) is 1.13. The summed E-state index contributed by atoms with van der Waals surface area (Å²) in [6, 6.07) is 10.3. The minimum atomic E-state index is -1.31. The highest BCUT2D eigenvalue weighted by molar-refractivity contribution is 6.39. The Balaban J connectivity index is 1.39. The van der Waals surface area contributed by atoms with Gasteiger partial charge in [0.15, 0.2) is 12.4 Å². The van der Waals surface area contributed by atoms with Crippen LogP contribution in [0.2, 0.25) is 10.0 Å². The first-order chi connectivity index (χ1) is 21.2. The fraction of sp³-hybridized carbons (Fsp3) is 0.400. The number of ether oxygens (including phenoxy) is 2. The molecular formula is C30H32Cl2N4O8. The Morgan fingerprint density at radius 2 is 1.64 bits per heavy atom. The number of esters is 1. The van der Waals surface area contributed by atoms with Crippen molar-refractivity contribution in [2.45, 2.75) is 56.8 Å². The Kier molecular flexibility index (Phi) is 11.7. The van der Waals surface area contributed by atoms with Gasteiger partial charge in [0.05, 0.1) is 21.7 Å². The van der Waals surface area contributed by atoms with E-state index in [4.69, 9.17) is 32.7 Å². The normalized spacial score (nSPS) is 19.1. The number of aldehydes is 1. The number of carbonyl (C=O) groups is 6. The minimum absolute atomic E-state index is 0.0291. The van der Waals surface area contributed by atoms with E-state index in [1.807, 2.05) is 18.2 Å². The molecule has 0 radical (unpaired) electrons. The number of ketones is 1. The number of benzene rings is 2. The van der Waals surface area contributed by atoms with Crippen LogP contribution in [0.25, 0.3) is 0 Å². The van der Waals surface area contributed by atoms with Crippen molar-refractivity contribution in [1.29, 1.82) is 0 Å². The van der Waals surface area contributed by atoms with Gasteiger partial charge >= 0.3 is 12.1 Å². The van der Waals surface area contributed by atoms with Crippen molar-refractivity contribution < 1.29 is 38.2 Å². The van der Waals surface area contributed by atoms with Crippen molar-refractivity contribution >= 4 is 59.1 Å². The number of halogens is 2. The second-order valence-corrected chi connectivity index (χ2v) is 11.1. The average Bonchev–Trinajstić information content (AvgIpc) is 3.17. The molecule has 3 amide bonds. The number of Topliss-reactive ketones (excluding diaryl/α,β-unsaturated/α-hetero) is 1. The lowest BCUT2D eigenvalue weighted by atomic mass is 10.0. The maximum absolute atomic E-state index is 13.6. The Morgan fingerprint density at radius 3 is 2.32 bits per heavy atom. The molecule has 2 unspecified atom stereocenters. The van der Waals surface area contributed by atoms with E-state index in [1.54, 1.807) is 23.2 Å². The molecule has 0 spiro atoms. The zero-order valence-corrected chi connectivity index (χ0v) is 25.2. The summed E-state index contributed by atoms with van der Waals surface area (Å²) in [6.45, 7) is 0.277. The van der Waals surface area contributed by atoms with Crippen molar-refractivity contribution in [3.8, 4) is 0 Å². The number of nitrogens with zero attached hydrogens (tertiary/aromatic N) is 2. The Hall–Kier alpha value is -4.00. The van der Waals surface area contributed by atoms with Gasteiger partial charge in [0.2, 0.25) is 5.91 Å². The van der Waals surface area contributed by atoms with E-state index in [1.165, 1.54) is 17.1 Å². The van der Waals surface area contributed by atoms with Gasteiger partial charge in [-0.1, -0.05) is 59.6 Å². The maximum atomic E-state index is 13.6. The molecule has 0 aliphatic carbocycles. The van der Waals surface area contributed by atoms with Crippen molar-refractivity contribution in [1.82, 2.24) is 20.7 Å². The quantitative estimate of drug-likeness (QED) is 0.277. The van der Waals surface area contributed by atoms with Gasteiger partial charge in [-0.15, -0.1) is 0 Å². The Bertz CT molecular complexity index is 1370. The lowest BCUT2D eigenvalue weighted by Crippen LogP contribution is -2.63. The van der Waals surface area contributed by atoms with Crippen LogP contribution in [0.3, 0.4) is 0 Å². The van der Waals surface area contributed by atoms with Gasteiger partial charge in [0, 0.05) is 19.5 Å². The lowest BCUT2D eigenvalue weighted by Gasteiger charge is -2.43. The first kappa shape index (κ1) is 32.9. The molecule has 0 aromatic heterocycles. The minimum Gasteiger partial charge on any atom is -0.454 e. The van der Waals surface area contributed by atoms with Gasteiger partial charge in [0.25, 0.3) is 5.91 Å². The summed E-state index contributed by atoms with van der Waals surface area (Å²) in [5.74, 6) is -2.82. The molecule has 44 heavy (non-hydrogen) atoms. The average molecular weight is 648 g/mol. The van der Waals surface area contributed by atoms with Gasteiger partial charge in [-0.25, -0.2) is 14.6 Å². The molecule has 2 aromatic rings. The number of hydrogen-bond acceptors (Lipinski definition) is 9. The van der Waals surface area contributed by atoms with Crippen molar-refractivity contribution in [2.75, 3.05) is 19.7 Å². The second-order valence-electron chi connectivity index (χ2n) is 10.3. The molecule has 2 N–H and O–H groups in total. The lowest BCUT2D eigenvalue weighted by molar-refractivity contribution is -0.167. The van der Waals surface area contributed by atoms with Crippen LogP contribution in [0.15, 0.2) is 48.5 Å². The summed E-state index contributed by atoms with van der Waals surface area (Å²) in [5.41, 5.74) is 0.671. The summed E-state index contributed by atoms with van der Waals surface area (Å²) < 4.78 is 10.4. The Labute approximate surface area is 263 Å². The molecule has 2 fully saturated rings. The van der Waals surface area contributed by atoms with E-state index in [0.29, 0.717) is 45.1 Å². The van der Waals surface area contributed by atoms with Crippen LogP contribution >= 0.6 is 23.2 Å². The Morgan fingerprint density at radius 1 is 0.955 bits per heavy atom. The van der Waals surface area contributed by atoms with Gasteiger partial charge < -0.3 is 24.9 Å². The van der Waals surface area contributed by atoms with Crippen LogP contribution in [0.4, 0.5) is 4.79 Å². The summed E-state index contributed by atoms with van der Waals surface area (Å²) in [4.78, 5) is 76.5. The van der Waals surface area contributed by atoms with E-state index in [9.17, 15) is 28.8 Å². The molecule has 2 aromatic carbocycles. The number of fused-ring (bicyclic) bond motifs is 1. The molecule has 0 bridgehead atoms. The third kappa shape index (κ3) is 8.34. The largest absolute Gasteiger partial charge is 0.454 e. The van der Waals surface area contributed by atoms with Crippen LogP contribution < -0.4 is 10.6 Å². The summed E-state index contributed by atoms with van der Waals surface area (Å²) >= 11 is 12.1. The standard InChI is InChI=1S/C30H32Cl2N4O8/c31-20-9-4-10-21(32)26(20)29(41)43-18-25(38)22(13-16-37)33-27(39)24-12-6-15-35-14-5-11-23(28(40)36(24)35)34-30(42)44-17-19-7-2-1-3-8-19/h1-4,7-10,16,22-24H,5-6,11-15,17-18H2,(H,33,39)(H,34,42)/t22-,23?,24?/m0/s1. The molecule has 4 rings (SSSR count). The van der Waals surface area contributed by atoms with E-state index >= 15 is 0 Å². The van der Waals surface area contributed by atoms with Gasteiger partial charge in [-0.05, 0) is 43.4 Å². The molecule has 234 valence electrons. The predicted octanol–water partition coefficient (Wildman–Crippen LogP) is 3.09. The number of carbonyl (C=O) groups excluding carboxylic acids is 6. The molecule has 0 saturated carbocycles. The van der Waals surface area contributed by atoms with Crippen LogP contribution in [-0.2, 0) is 35.3 Å². The van der Waals surface area contributed by atoms with Crippen LogP contribution in [0.5, 0.6) is 0 Å². The third-order valence-corrected chi connectivity index (χ3v) is 7.91. The van der Waals surface area contributed by atoms with Gasteiger partial charge in [-0.3, -0.25) is 19.4 Å². The maximum Gasteiger partial charge on any atom is 0.408 e. The van der Waals surface area contributed by atoms with E-state index in [0.717, 1.165) is 5.56 Å². The molecule has 14 heteroatoms. The van der Waals surface area contributed by atoms with Crippen molar-refractivity contribution in [3.05, 3.63) is 69.7 Å². The monoisotopic (exact) mass is 646 g/mol. The molecule has 12 nitrogen and oxygen atoms in total. The SMILES string of the molecule is O=CC[C@H](NC(=O)C1CCCN2CCCC(NC(=O)OCc3ccccc3)C(=O)N12)C(=O)COC(=O)c1c(Cl)cccc1Cl. The number of amides is 3. The molecule has 2 saturated heterocycles. The fourth-order valence-corrected chi connectivity index (χ4v) is 5.64. The molecule has 2 aliphatic rings. The summed E-state index contributed by atoms with van der Waals surface area (Å²) in [5, 5.41) is 8.33. The first-order valence-electron chi connectivity index (χ1n) is 14.1. The zero-order chi connectivity index (χ0) is 31.6. The molecular weight excluding hydrogens is 615 g/mol. The third-order valence-electron chi connectivity index (χ3n) is 7.28. The highest BCUT2D eigenvalue weighted by atomic mass is 35.5. The molecule has 3 atom stereocenters. The highest BCUT2D eigenvalue weighted by Crippen LogP contribution is 2.26. The van der Waals surface area contributed by atoms with Crippen LogP contribution in [0.1, 0.15) is 48.0 Å². The van der Waals surface area contributed by atoms with Crippen LogP contribution in [-0.4, -0.2) is 83.8 Å². The van der Waals surface area contributed by atoms with Gasteiger partial charge in [0.1, 0.15) is 25.0 Å². The molecule has 2 heterocycles. The van der Waals surface area contributed by atoms with E-state index in [-0.39, 0.29) is 28.6 Å². The van der Waals surface area contributed by atoms with Crippen molar-refractivity contribution in [2.24, 2.45) is 0 Å². The number of nitrogens with one attached hydrogen (secondary N) is 2. The molecule has 2 aliphatic heterocycles. The van der Waals surface area contributed by atoms with E-state index < -0.39 is 54.4 Å². The number of alkyl carbamates (subject to hydrolysis) is 1. The summed E-state index contributed by atoms with van der Waals surface area (Å²) in [7, 11) is 0. The fourth-order valence-electron chi connectivity index (χ4n) is 5.09. The zero-order valence-electron chi connectivity index (χ0n) is 23.7. The highest BCUT2D eigenvalue weighted by Gasteiger charge is 2.43. The second kappa shape index (κ2) is 15.6. The van der Waals surface area contributed by atoms with Crippen molar-refractivity contribution in [3.63, 3.8) is 0 Å².